The lowest BCUT2D eigenvalue weighted by molar-refractivity contribution is 0.193. The number of fused-ring (bicyclic) bond motifs is 1. The van der Waals surface area contributed by atoms with Gasteiger partial charge in [0.15, 0.2) is 5.65 Å². The largest absolute Gasteiger partial charge is 0.368 e. The first kappa shape index (κ1) is 15.2. The summed E-state index contributed by atoms with van der Waals surface area (Å²) < 4.78 is 3.10. The summed E-state index contributed by atoms with van der Waals surface area (Å²) in [6.07, 6.45) is 1.75. The van der Waals surface area contributed by atoms with E-state index in [9.17, 15) is 4.79 Å². The molecule has 1 aromatic carbocycles. The smallest absolute Gasteiger partial charge is 0.351 e. The van der Waals surface area contributed by atoms with Gasteiger partial charge in [0.25, 0.3) is 0 Å². The Kier molecular flexibility index (Phi) is 4.00. The van der Waals surface area contributed by atoms with Gasteiger partial charge in [-0.05, 0) is 24.3 Å². The topological polar surface area (TPSA) is 45.8 Å². The average Bonchev–Trinajstić information content (AvgIpc) is 2.93. The molecule has 3 heterocycles. The Morgan fingerprint density at radius 3 is 2.50 bits per heavy atom. The zero-order valence-electron chi connectivity index (χ0n) is 13.2. The molecular weight excluding hydrogens is 326 g/mol. The predicted molar refractivity (Wildman–Crippen MR) is 94.7 cm³/mol. The van der Waals surface area contributed by atoms with Crippen molar-refractivity contribution in [2.75, 3.05) is 31.1 Å². The number of aromatic nitrogens is 3. The zero-order chi connectivity index (χ0) is 16.5. The number of benzene rings is 1. The van der Waals surface area contributed by atoms with Crippen molar-refractivity contribution in [3.05, 3.63) is 64.2 Å². The van der Waals surface area contributed by atoms with E-state index in [0.717, 1.165) is 36.9 Å². The normalized spacial score (nSPS) is 16.0. The van der Waals surface area contributed by atoms with Gasteiger partial charge in [0.05, 0.1) is 17.4 Å². The van der Waals surface area contributed by atoms with E-state index in [0.29, 0.717) is 12.3 Å². The Hall–Kier alpha value is -2.31. The molecule has 0 amide bonds. The van der Waals surface area contributed by atoms with Gasteiger partial charge in [0, 0.05) is 32.4 Å². The van der Waals surface area contributed by atoms with Gasteiger partial charge in [-0.3, -0.25) is 9.30 Å². The minimum absolute atomic E-state index is 0.0980. The first-order chi connectivity index (χ1) is 11.7. The van der Waals surface area contributed by atoms with Crippen molar-refractivity contribution in [1.82, 2.24) is 19.1 Å². The molecule has 24 heavy (non-hydrogen) atoms. The van der Waals surface area contributed by atoms with E-state index in [1.165, 1.54) is 4.68 Å². The molecule has 0 bridgehead atoms. The van der Waals surface area contributed by atoms with Gasteiger partial charge in [-0.1, -0.05) is 29.8 Å². The van der Waals surface area contributed by atoms with Crippen molar-refractivity contribution in [1.29, 1.82) is 0 Å². The maximum Gasteiger partial charge on any atom is 0.351 e. The maximum atomic E-state index is 12.3. The fourth-order valence-electron chi connectivity index (χ4n) is 3.09. The summed E-state index contributed by atoms with van der Waals surface area (Å²) in [5.74, 6) is 0. The lowest BCUT2D eigenvalue weighted by atomic mass is 10.2. The third kappa shape index (κ3) is 2.79. The molecule has 4 rings (SSSR count). The molecule has 1 aliphatic heterocycles. The molecule has 0 atom stereocenters. The summed E-state index contributed by atoms with van der Waals surface area (Å²) in [5, 5.41) is 5.17. The number of pyridine rings is 1. The number of rotatable bonds is 3. The number of hydrogen-bond donors (Lipinski definition) is 0. The van der Waals surface area contributed by atoms with Gasteiger partial charge in [0.2, 0.25) is 0 Å². The van der Waals surface area contributed by atoms with Crippen LogP contribution in [0.5, 0.6) is 0 Å². The Balaban J connectivity index is 1.45. The van der Waals surface area contributed by atoms with E-state index in [1.54, 1.807) is 10.6 Å². The van der Waals surface area contributed by atoms with Crippen LogP contribution in [0.15, 0.2) is 53.5 Å². The third-order valence-corrected chi connectivity index (χ3v) is 4.71. The van der Waals surface area contributed by atoms with Gasteiger partial charge in [-0.15, -0.1) is 5.10 Å². The minimum atomic E-state index is -0.0980. The molecule has 0 aliphatic carbocycles. The quantitative estimate of drug-likeness (QED) is 0.729. The van der Waals surface area contributed by atoms with E-state index in [2.05, 4.69) is 14.9 Å². The first-order valence-electron chi connectivity index (χ1n) is 7.98. The molecule has 0 unspecified atom stereocenters. The second-order valence-electron chi connectivity index (χ2n) is 5.91. The van der Waals surface area contributed by atoms with Crippen molar-refractivity contribution < 1.29 is 0 Å². The highest BCUT2D eigenvalue weighted by molar-refractivity contribution is 6.33. The fourth-order valence-corrected chi connectivity index (χ4v) is 3.34. The van der Waals surface area contributed by atoms with Crippen LogP contribution in [0, 0.1) is 0 Å². The predicted octanol–water partition coefficient (Wildman–Crippen LogP) is 1.93. The molecule has 3 aromatic rings. The van der Waals surface area contributed by atoms with E-state index in [-0.39, 0.29) is 5.69 Å². The molecule has 6 nitrogen and oxygen atoms in total. The summed E-state index contributed by atoms with van der Waals surface area (Å²) in [7, 11) is 0. The molecule has 1 fully saturated rings. The van der Waals surface area contributed by atoms with Gasteiger partial charge in [-0.2, -0.15) is 4.68 Å². The van der Waals surface area contributed by atoms with Gasteiger partial charge < -0.3 is 4.90 Å². The first-order valence-corrected chi connectivity index (χ1v) is 8.36. The van der Waals surface area contributed by atoms with Gasteiger partial charge in [0.1, 0.15) is 0 Å². The summed E-state index contributed by atoms with van der Waals surface area (Å²) in [4.78, 5) is 16.9. The van der Waals surface area contributed by atoms with Crippen LogP contribution in [-0.4, -0.2) is 45.3 Å². The number of para-hydroxylation sites is 1. The SMILES string of the molecule is O=c1n(CN2CCN(c3ccccc3Cl)CC2)nc2ccccn12. The summed E-state index contributed by atoms with van der Waals surface area (Å²) in [5.41, 5.74) is 1.65. The minimum Gasteiger partial charge on any atom is -0.368 e. The number of anilines is 1. The third-order valence-electron chi connectivity index (χ3n) is 4.39. The van der Waals surface area contributed by atoms with Crippen LogP contribution in [-0.2, 0) is 6.67 Å². The van der Waals surface area contributed by atoms with E-state index in [1.807, 2.05) is 42.5 Å². The van der Waals surface area contributed by atoms with E-state index < -0.39 is 0 Å². The van der Waals surface area contributed by atoms with Crippen LogP contribution in [0.4, 0.5) is 5.69 Å². The Labute approximate surface area is 144 Å². The molecule has 0 N–H and O–H groups in total. The molecule has 2 aromatic heterocycles. The molecule has 124 valence electrons. The molecule has 0 radical (unpaired) electrons. The standard InChI is InChI=1S/C17H18ClN5O/c18-14-5-1-2-6-15(14)21-11-9-20(10-12-21)13-23-17(24)22-8-4-3-7-16(22)19-23/h1-8H,9-13H2. The Morgan fingerprint density at radius 2 is 1.75 bits per heavy atom. The van der Waals surface area contributed by atoms with Crippen molar-refractivity contribution >= 4 is 22.9 Å². The highest BCUT2D eigenvalue weighted by atomic mass is 35.5. The van der Waals surface area contributed by atoms with Crippen LogP contribution >= 0.6 is 11.6 Å². The van der Waals surface area contributed by atoms with Crippen LogP contribution in [0.3, 0.4) is 0 Å². The van der Waals surface area contributed by atoms with Crippen LogP contribution in [0.25, 0.3) is 5.65 Å². The number of nitrogens with zero attached hydrogens (tertiary/aromatic N) is 5. The zero-order valence-corrected chi connectivity index (χ0v) is 13.9. The lowest BCUT2D eigenvalue weighted by Gasteiger charge is -2.36. The van der Waals surface area contributed by atoms with Crippen molar-refractivity contribution in [3.63, 3.8) is 0 Å². The van der Waals surface area contributed by atoms with Gasteiger partial charge >= 0.3 is 5.69 Å². The Morgan fingerprint density at radius 1 is 1.00 bits per heavy atom. The molecule has 1 aliphatic rings. The van der Waals surface area contributed by atoms with Gasteiger partial charge in [-0.25, -0.2) is 4.79 Å². The summed E-state index contributed by atoms with van der Waals surface area (Å²) in [6.45, 7) is 4.01. The van der Waals surface area contributed by atoms with Crippen LogP contribution in [0.1, 0.15) is 0 Å². The highest BCUT2D eigenvalue weighted by Gasteiger charge is 2.20. The number of piperazine rings is 1. The van der Waals surface area contributed by atoms with Crippen molar-refractivity contribution in [2.45, 2.75) is 6.67 Å². The molecule has 1 saturated heterocycles. The lowest BCUT2D eigenvalue weighted by Crippen LogP contribution is -2.48. The summed E-state index contributed by atoms with van der Waals surface area (Å²) in [6, 6.07) is 13.5. The molecule has 0 spiro atoms. The molecule has 7 heteroatoms. The van der Waals surface area contributed by atoms with Crippen LogP contribution < -0.4 is 10.6 Å². The average molecular weight is 344 g/mol. The molecule has 0 saturated carbocycles. The highest BCUT2D eigenvalue weighted by Crippen LogP contribution is 2.25. The summed E-state index contributed by atoms with van der Waals surface area (Å²) >= 11 is 6.28. The Bertz CT molecular complexity index is 910. The van der Waals surface area contributed by atoms with E-state index >= 15 is 0 Å². The van der Waals surface area contributed by atoms with E-state index in [4.69, 9.17) is 11.6 Å². The second-order valence-corrected chi connectivity index (χ2v) is 6.32. The monoisotopic (exact) mass is 343 g/mol. The van der Waals surface area contributed by atoms with Crippen molar-refractivity contribution in [2.24, 2.45) is 0 Å². The number of hydrogen-bond acceptors (Lipinski definition) is 4. The maximum absolute atomic E-state index is 12.3. The fraction of sp³-hybridized carbons (Fsp3) is 0.294. The van der Waals surface area contributed by atoms with Crippen molar-refractivity contribution in [3.8, 4) is 0 Å². The number of halogens is 1. The van der Waals surface area contributed by atoms with Crippen LogP contribution in [0.2, 0.25) is 5.02 Å². The second kappa shape index (κ2) is 6.30. The molecular formula is C17H18ClN5O.